The van der Waals surface area contributed by atoms with Gasteiger partial charge in [-0.3, -0.25) is 0 Å². The van der Waals surface area contributed by atoms with Crippen molar-refractivity contribution in [3.8, 4) is 0 Å². The van der Waals surface area contributed by atoms with E-state index in [0.29, 0.717) is 0 Å². The lowest BCUT2D eigenvalue weighted by molar-refractivity contribution is 0.151. The van der Waals surface area contributed by atoms with Crippen molar-refractivity contribution < 1.29 is 0 Å². The van der Waals surface area contributed by atoms with Crippen LogP contribution >= 0.6 is 0 Å². The molecule has 19 heavy (non-hydrogen) atoms. The third-order valence-electron chi connectivity index (χ3n) is 5.79. The van der Waals surface area contributed by atoms with Crippen LogP contribution in [0.1, 0.15) is 64.7 Å². The zero-order valence-corrected chi connectivity index (χ0v) is 12.7. The second-order valence-corrected chi connectivity index (χ2v) is 7.29. The Kier molecular flexibility index (Phi) is 4.81. The Morgan fingerprint density at radius 1 is 1.05 bits per heavy atom. The van der Waals surface area contributed by atoms with Gasteiger partial charge in [0, 0.05) is 25.2 Å². The summed E-state index contributed by atoms with van der Waals surface area (Å²) in [4.78, 5) is 2.74. The minimum absolute atomic E-state index is 0.791. The Morgan fingerprint density at radius 3 is 2.84 bits per heavy atom. The molecule has 2 heterocycles. The van der Waals surface area contributed by atoms with Crippen molar-refractivity contribution in [2.45, 2.75) is 76.8 Å². The molecule has 2 nitrogen and oxygen atoms in total. The van der Waals surface area contributed by atoms with Gasteiger partial charge in [-0.1, -0.05) is 26.2 Å². The largest absolute Gasteiger partial charge is 0.310 e. The van der Waals surface area contributed by atoms with Crippen LogP contribution in [0.5, 0.6) is 0 Å². The first-order valence-corrected chi connectivity index (χ1v) is 8.83. The molecule has 0 aromatic carbocycles. The maximum absolute atomic E-state index is 3.99. The lowest BCUT2D eigenvalue weighted by atomic mass is 9.78. The second kappa shape index (κ2) is 6.58. The summed E-state index contributed by atoms with van der Waals surface area (Å²) < 4.78 is 0. The predicted octanol–water partition coefficient (Wildman–Crippen LogP) is 3.42. The quantitative estimate of drug-likeness (QED) is 0.837. The molecule has 4 atom stereocenters. The van der Waals surface area contributed by atoms with Crippen LogP contribution in [0, 0.1) is 11.8 Å². The highest BCUT2D eigenvalue weighted by Crippen LogP contribution is 2.32. The summed E-state index contributed by atoms with van der Waals surface area (Å²) in [6, 6.07) is 1.65. The molecule has 0 radical (unpaired) electrons. The lowest BCUT2D eigenvalue weighted by Crippen LogP contribution is -2.52. The first kappa shape index (κ1) is 13.9. The number of hydrogen-bond acceptors (Lipinski definition) is 2. The number of nitrogens with one attached hydrogen (secondary N) is 1. The van der Waals surface area contributed by atoms with Crippen LogP contribution < -0.4 is 5.32 Å². The van der Waals surface area contributed by atoms with Gasteiger partial charge < -0.3 is 10.2 Å². The summed E-state index contributed by atoms with van der Waals surface area (Å²) in [7, 11) is 0. The number of hydrogen-bond donors (Lipinski definition) is 1. The number of piperidine rings is 1. The molecule has 3 rings (SSSR count). The Bertz CT molecular complexity index is 278. The monoisotopic (exact) mass is 264 g/mol. The molecule has 2 saturated heterocycles. The summed E-state index contributed by atoms with van der Waals surface area (Å²) in [5, 5.41) is 3.99. The molecule has 0 aromatic rings. The van der Waals surface area contributed by atoms with Gasteiger partial charge in [0.05, 0.1) is 0 Å². The first-order chi connectivity index (χ1) is 9.35. The van der Waals surface area contributed by atoms with E-state index in [9.17, 15) is 0 Å². The molecule has 0 spiro atoms. The Balaban J connectivity index is 1.43. The predicted molar refractivity (Wildman–Crippen MR) is 81.4 cm³/mol. The summed E-state index contributed by atoms with van der Waals surface area (Å²) >= 11 is 0. The Hall–Kier alpha value is -0.0800. The lowest BCUT2D eigenvalue weighted by Gasteiger charge is -2.41. The third kappa shape index (κ3) is 3.52. The molecular weight excluding hydrogens is 232 g/mol. The maximum Gasteiger partial charge on any atom is 0.0197 e. The molecule has 1 saturated carbocycles. The van der Waals surface area contributed by atoms with Gasteiger partial charge in [0.2, 0.25) is 0 Å². The van der Waals surface area contributed by atoms with E-state index in [-0.39, 0.29) is 0 Å². The summed E-state index contributed by atoms with van der Waals surface area (Å²) in [5.74, 6) is 2.01. The zero-order chi connectivity index (χ0) is 13.1. The van der Waals surface area contributed by atoms with Crippen LogP contribution in [0.2, 0.25) is 0 Å². The van der Waals surface area contributed by atoms with E-state index >= 15 is 0 Å². The van der Waals surface area contributed by atoms with Crippen LogP contribution in [0.15, 0.2) is 0 Å². The number of nitrogens with zero attached hydrogens (tertiary/aromatic N) is 1. The molecule has 3 aliphatic rings. The van der Waals surface area contributed by atoms with Gasteiger partial charge in [-0.2, -0.15) is 0 Å². The smallest absolute Gasteiger partial charge is 0.0197 e. The average Bonchev–Trinajstić information content (AvgIpc) is 2.86. The van der Waals surface area contributed by atoms with E-state index in [1.165, 1.54) is 77.4 Å². The fraction of sp³-hybridized carbons (Fsp3) is 1.00. The van der Waals surface area contributed by atoms with Gasteiger partial charge in [-0.25, -0.2) is 0 Å². The van der Waals surface area contributed by atoms with Gasteiger partial charge in [-0.15, -0.1) is 0 Å². The third-order valence-corrected chi connectivity index (χ3v) is 5.79. The summed E-state index contributed by atoms with van der Waals surface area (Å²) in [5.41, 5.74) is 0. The van der Waals surface area contributed by atoms with Crippen molar-refractivity contribution in [2.75, 3.05) is 19.6 Å². The summed E-state index contributed by atoms with van der Waals surface area (Å²) in [6.45, 7) is 6.38. The van der Waals surface area contributed by atoms with Gasteiger partial charge >= 0.3 is 0 Å². The molecule has 1 N–H and O–H groups in total. The van der Waals surface area contributed by atoms with Gasteiger partial charge in [0.1, 0.15) is 0 Å². The molecule has 2 aliphatic heterocycles. The highest BCUT2D eigenvalue weighted by Gasteiger charge is 2.33. The molecule has 0 amide bonds. The van der Waals surface area contributed by atoms with E-state index < -0.39 is 0 Å². The van der Waals surface area contributed by atoms with Crippen LogP contribution in [-0.2, 0) is 0 Å². The van der Waals surface area contributed by atoms with Crippen LogP contribution in [0.4, 0.5) is 0 Å². The molecule has 3 fully saturated rings. The normalized spacial score (nSPS) is 40.3. The molecule has 110 valence electrons. The summed E-state index contributed by atoms with van der Waals surface area (Å²) in [6.07, 6.45) is 13.1. The van der Waals surface area contributed by atoms with E-state index in [0.717, 1.165) is 23.9 Å². The molecule has 1 aliphatic carbocycles. The van der Waals surface area contributed by atoms with Crippen LogP contribution in [0.25, 0.3) is 0 Å². The SMILES string of the molecule is CCCC1CCN(CC2CCC3CCCCC3N2)C1. The molecule has 0 bridgehead atoms. The van der Waals surface area contributed by atoms with E-state index in [1.54, 1.807) is 0 Å². The number of fused-ring (bicyclic) bond motifs is 1. The minimum atomic E-state index is 0.791. The molecule has 0 aromatic heterocycles. The van der Waals surface area contributed by atoms with Gasteiger partial charge in [0.25, 0.3) is 0 Å². The topological polar surface area (TPSA) is 15.3 Å². The minimum Gasteiger partial charge on any atom is -0.310 e. The first-order valence-electron chi connectivity index (χ1n) is 8.83. The highest BCUT2D eigenvalue weighted by atomic mass is 15.2. The zero-order valence-electron chi connectivity index (χ0n) is 12.7. The van der Waals surface area contributed by atoms with Crippen molar-refractivity contribution in [1.82, 2.24) is 10.2 Å². The number of likely N-dealkylation sites (tertiary alicyclic amines) is 1. The van der Waals surface area contributed by atoms with Crippen molar-refractivity contribution >= 4 is 0 Å². The average molecular weight is 264 g/mol. The van der Waals surface area contributed by atoms with E-state index in [1.807, 2.05) is 0 Å². The van der Waals surface area contributed by atoms with Crippen molar-refractivity contribution in [1.29, 1.82) is 0 Å². The Labute approximate surface area is 119 Å². The standard InChI is InChI=1S/C17H32N2/c1-2-5-14-10-11-19(12-14)13-16-9-8-15-6-3-4-7-17(15)18-16/h14-18H,2-13H2,1H3. The fourth-order valence-corrected chi connectivity index (χ4v) is 4.75. The molecule has 4 unspecified atom stereocenters. The highest BCUT2D eigenvalue weighted by molar-refractivity contribution is 4.91. The van der Waals surface area contributed by atoms with Crippen molar-refractivity contribution in [2.24, 2.45) is 11.8 Å². The van der Waals surface area contributed by atoms with E-state index in [2.05, 4.69) is 17.1 Å². The van der Waals surface area contributed by atoms with Crippen LogP contribution in [0.3, 0.4) is 0 Å². The fourth-order valence-electron chi connectivity index (χ4n) is 4.75. The molecular formula is C17H32N2. The van der Waals surface area contributed by atoms with Crippen LogP contribution in [-0.4, -0.2) is 36.6 Å². The van der Waals surface area contributed by atoms with Crippen molar-refractivity contribution in [3.63, 3.8) is 0 Å². The number of rotatable bonds is 4. The van der Waals surface area contributed by atoms with Gasteiger partial charge in [-0.05, 0) is 56.9 Å². The van der Waals surface area contributed by atoms with E-state index in [4.69, 9.17) is 0 Å². The second-order valence-electron chi connectivity index (χ2n) is 7.29. The Morgan fingerprint density at radius 2 is 1.95 bits per heavy atom. The van der Waals surface area contributed by atoms with Crippen molar-refractivity contribution in [3.05, 3.63) is 0 Å². The van der Waals surface area contributed by atoms with Gasteiger partial charge in [0.15, 0.2) is 0 Å². The molecule has 2 heteroatoms. The maximum atomic E-state index is 3.99.